The molecule has 1 aliphatic carbocycles. The molecule has 0 aliphatic heterocycles. The Bertz CT molecular complexity index is 672. The van der Waals surface area contributed by atoms with Crippen molar-refractivity contribution in [1.82, 2.24) is 9.88 Å². The molecule has 0 saturated heterocycles. The number of thioether (sulfide) groups is 1. The first-order valence-electron chi connectivity index (χ1n) is 8.66. The molecule has 0 unspecified atom stereocenters. The summed E-state index contributed by atoms with van der Waals surface area (Å²) in [4.78, 5) is 19.0. The number of rotatable bonds is 9. The highest BCUT2D eigenvalue weighted by Gasteiger charge is 2.32. The summed E-state index contributed by atoms with van der Waals surface area (Å²) in [6, 6.07) is 14.3. The predicted molar refractivity (Wildman–Crippen MR) is 102 cm³/mol. The van der Waals surface area contributed by atoms with Crippen LogP contribution in [0.2, 0.25) is 0 Å². The van der Waals surface area contributed by atoms with Crippen molar-refractivity contribution in [2.24, 2.45) is 0 Å². The second-order valence-corrected chi connectivity index (χ2v) is 7.33. The van der Waals surface area contributed by atoms with Crippen LogP contribution < -0.4 is 4.74 Å². The van der Waals surface area contributed by atoms with Crippen LogP contribution in [-0.4, -0.2) is 34.7 Å². The molecule has 5 heteroatoms. The molecule has 25 heavy (non-hydrogen) atoms. The van der Waals surface area contributed by atoms with Crippen molar-refractivity contribution in [3.63, 3.8) is 0 Å². The summed E-state index contributed by atoms with van der Waals surface area (Å²) >= 11 is 1.77. The molecule has 1 amide bonds. The lowest BCUT2D eigenvalue weighted by Gasteiger charge is -2.22. The summed E-state index contributed by atoms with van der Waals surface area (Å²) in [5.74, 6) is 2.79. The van der Waals surface area contributed by atoms with Crippen molar-refractivity contribution in [2.75, 3.05) is 12.9 Å². The van der Waals surface area contributed by atoms with E-state index in [1.165, 1.54) is 0 Å². The number of hydrogen-bond donors (Lipinski definition) is 0. The lowest BCUT2D eigenvalue weighted by molar-refractivity contribution is -0.131. The Kier molecular flexibility index (Phi) is 6.34. The van der Waals surface area contributed by atoms with Crippen LogP contribution in [0.1, 0.15) is 30.5 Å². The quantitative estimate of drug-likeness (QED) is 0.639. The average molecular weight is 356 g/mol. The highest BCUT2D eigenvalue weighted by atomic mass is 32.2. The van der Waals surface area contributed by atoms with E-state index in [0.717, 1.165) is 41.4 Å². The van der Waals surface area contributed by atoms with Crippen molar-refractivity contribution in [3.8, 4) is 5.75 Å². The van der Waals surface area contributed by atoms with Crippen LogP contribution in [-0.2, 0) is 17.1 Å². The van der Waals surface area contributed by atoms with Crippen LogP contribution in [0, 0.1) is 0 Å². The van der Waals surface area contributed by atoms with Crippen LogP contribution in [0.5, 0.6) is 5.75 Å². The van der Waals surface area contributed by atoms with E-state index in [0.29, 0.717) is 19.0 Å². The summed E-state index contributed by atoms with van der Waals surface area (Å²) in [5.41, 5.74) is 2.22. The van der Waals surface area contributed by atoms with E-state index in [1.807, 2.05) is 53.6 Å². The molecular weight excluding hydrogens is 332 g/mol. The van der Waals surface area contributed by atoms with Gasteiger partial charge in [-0.3, -0.25) is 9.78 Å². The highest BCUT2D eigenvalue weighted by Crippen LogP contribution is 2.29. The first kappa shape index (κ1) is 17.8. The number of carbonyl (C=O) groups excluding carboxylic acids is 1. The Morgan fingerprint density at radius 3 is 2.68 bits per heavy atom. The summed E-state index contributed by atoms with van der Waals surface area (Å²) < 4.78 is 5.19. The Hall–Kier alpha value is -2.01. The number of ether oxygens (including phenoxy) is 1. The minimum absolute atomic E-state index is 0.256. The van der Waals surface area contributed by atoms with Crippen molar-refractivity contribution >= 4 is 17.7 Å². The molecule has 1 fully saturated rings. The zero-order chi connectivity index (χ0) is 17.5. The van der Waals surface area contributed by atoms with E-state index in [2.05, 4.69) is 4.98 Å². The van der Waals surface area contributed by atoms with Crippen LogP contribution in [0.15, 0.2) is 48.7 Å². The topological polar surface area (TPSA) is 42.4 Å². The number of aromatic nitrogens is 1. The van der Waals surface area contributed by atoms with Gasteiger partial charge >= 0.3 is 0 Å². The lowest BCUT2D eigenvalue weighted by Crippen LogP contribution is -2.32. The molecule has 1 saturated carbocycles. The van der Waals surface area contributed by atoms with Gasteiger partial charge in [-0.25, -0.2) is 0 Å². The number of amides is 1. The molecule has 132 valence electrons. The molecular formula is C20H24N2O2S. The lowest BCUT2D eigenvalue weighted by atomic mass is 10.2. The third-order valence-corrected chi connectivity index (χ3v) is 5.25. The molecule has 1 heterocycles. The minimum Gasteiger partial charge on any atom is -0.497 e. The predicted octanol–water partition coefficient (Wildman–Crippen LogP) is 3.90. The van der Waals surface area contributed by atoms with Crippen molar-refractivity contribution in [2.45, 2.75) is 37.6 Å². The fourth-order valence-corrected chi connectivity index (χ4v) is 3.54. The third kappa shape index (κ3) is 5.49. The van der Waals surface area contributed by atoms with E-state index in [1.54, 1.807) is 18.9 Å². The third-order valence-electron chi connectivity index (χ3n) is 4.26. The molecule has 0 N–H and O–H groups in total. The molecule has 3 rings (SSSR count). The van der Waals surface area contributed by atoms with Gasteiger partial charge in [-0.2, -0.15) is 11.8 Å². The van der Waals surface area contributed by atoms with Crippen LogP contribution in [0.25, 0.3) is 0 Å². The first-order chi connectivity index (χ1) is 12.3. The molecule has 0 atom stereocenters. The fourth-order valence-electron chi connectivity index (χ4n) is 2.70. The van der Waals surface area contributed by atoms with Gasteiger partial charge in [0.2, 0.25) is 5.91 Å². The molecule has 0 bridgehead atoms. The van der Waals surface area contributed by atoms with Gasteiger partial charge in [-0.15, -0.1) is 0 Å². The number of nitrogens with zero attached hydrogens (tertiary/aromatic N) is 2. The fraction of sp³-hybridized carbons (Fsp3) is 0.400. The summed E-state index contributed by atoms with van der Waals surface area (Å²) in [6.45, 7) is 0.693. The highest BCUT2D eigenvalue weighted by molar-refractivity contribution is 7.98. The molecule has 1 aliphatic rings. The Balaban J connectivity index is 1.47. The van der Waals surface area contributed by atoms with E-state index < -0.39 is 0 Å². The zero-order valence-corrected chi connectivity index (χ0v) is 15.4. The second-order valence-electron chi connectivity index (χ2n) is 6.22. The molecule has 1 aromatic heterocycles. The number of hydrogen-bond acceptors (Lipinski definition) is 4. The summed E-state index contributed by atoms with van der Waals surface area (Å²) in [5, 5.41) is 0. The standard InChI is InChI=1S/C20H24N2O2S/c1-24-19-9-5-16(6-10-19)14-22(18-7-8-18)20(23)11-13-25-15-17-4-2-3-12-21-17/h2-6,9-10,12,18H,7-8,11,13-15H2,1H3. The SMILES string of the molecule is COc1ccc(CN(C(=O)CCSCc2ccccn2)C2CC2)cc1. The Morgan fingerprint density at radius 1 is 1.24 bits per heavy atom. The monoisotopic (exact) mass is 356 g/mol. The van der Waals surface area contributed by atoms with Crippen LogP contribution in [0.3, 0.4) is 0 Å². The van der Waals surface area contributed by atoms with E-state index in [9.17, 15) is 4.79 Å². The normalized spacial score (nSPS) is 13.5. The van der Waals surface area contributed by atoms with Gasteiger partial charge in [-0.05, 0) is 42.7 Å². The molecule has 0 radical (unpaired) electrons. The van der Waals surface area contributed by atoms with Gasteiger partial charge in [0.25, 0.3) is 0 Å². The zero-order valence-electron chi connectivity index (χ0n) is 14.6. The maximum Gasteiger partial charge on any atom is 0.223 e. The Morgan fingerprint density at radius 2 is 2.04 bits per heavy atom. The average Bonchev–Trinajstić information content (AvgIpc) is 3.49. The van der Waals surface area contributed by atoms with Gasteiger partial charge in [0.15, 0.2) is 0 Å². The van der Waals surface area contributed by atoms with Crippen LogP contribution >= 0.6 is 11.8 Å². The van der Waals surface area contributed by atoms with Gasteiger partial charge in [0.1, 0.15) is 5.75 Å². The smallest absolute Gasteiger partial charge is 0.223 e. The Labute approximate surface area is 153 Å². The maximum absolute atomic E-state index is 12.6. The summed E-state index contributed by atoms with van der Waals surface area (Å²) in [6.07, 6.45) is 4.65. The first-order valence-corrected chi connectivity index (χ1v) is 9.82. The number of carbonyl (C=O) groups is 1. The van der Waals surface area contributed by atoms with Gasteiger partial charge in [-0.1, -0.05) is 18.2 Å². The molecule has 2 aromatic rings. The number of methoxy groups -OCH3 is 1. The van der Waals surface area contributed by atoms with E-state index in [-0.39, 0.29) is 5.91 Å². The molecule has 4 nitrogen and oxygen atoms in total. The maximum atomic E-state index is 12.6. The van der Waals surface area contributed by atoms with Crippen molar-refractivity contribution in [3.05, 3.63) is 59.9 Å². The van der Waals surface area contributed by atoms with E-state index in [4.69, 9.17) is 4.74 Å². The van der Waals surface area contributed by atoms with Gasteiger partial charge in [0.05, 0.1) is 12.8 Å². The number of benzene rings is 1. The number of pyridine rings is 1. The van der Waals surface area contributed by atoms with Crippen LogP contribution in [0.4, 0.5) is 0 Å². The molecule has 1 aromatic carbocycles. The summed E-state index contributed by atoms with van der Waals surface area (Å²) in [7, 11) is 1.66. The van der Waals surface area contributed by atoms with Gasteiger partial charge in [0, 0.05) is 36.7 Å². The second kappa shape index (κ2) is 8.90. The van der Waals surface area contributed by atoms with Crippen molar-refractivity contribution < 1.29 is 9.53 Å². The van der Waals surface area contributed by atoms with E-state index >= 15 is 0 Å². The molecule has 0 spiro atoms. The largest absolute Gasteiger partial charge is 0.497 e. The minimum atomic E-state index is 0.256. The van der Waals surface area contributed by atoms with Gasteiger partial charge < -0.3 is 9.64 Å². The van der Waals surface area contributed by atoms with Crippen molar-refractivity contribution in [1.29, 1.82) is 0 Å².